The molecule has 1 amide bonds. The molecule has 20 heavy (non-hydrogen) atoms. The van der Waals surface area contributed by atoms with Gasteiger partial charge in [-0.3, -0.25) is 4.79 Å². The highest BCUT2D eigenvalue weighted by molar-refractivity contribution is 5.73. The van der Waals surface area contributed by atoms with Crippen molar-refractivity contribution < 1.29 is 19.1 Å². The summed E-state index contributed by atoms with van der Waals surface area (Å²) >= 11 is 0. The van der Waals surface area contributed by atoms with Crippen molar-refractivity contribution in [3.63, 3.8) is 0 Å². The molecule has 1 aliphatic heterocycles. The van der Waals surface area contributed by atoms with Gasteiger partial charge in [-0.1, -0.05) is 0 Å². The Bertz CT molecular complexity index is 352. The minimum absolute atomic E-state index is 0.0359. The molecular formula is C14H26N2O4. The molecule has 0 aromatic carbocycles. The van der Waals surface area contributed by atoms with Gasteiger partial charge in [0.25, 0.3) is 0 Å². The van der Waals surface area contributed by atoms with Crippen molar-refractivity contribution in [3.8, 4) is 0 Å². The molecule has 2 N–H and O–H groups in total. The minimum Gasteiger partial charge on any atom is -0.469 e. The molecule has 0 spiro atoms. The fraction of sp³-hybridized carbons (Fsp3) is 0.857. The molecule has 1 heterocycles. The molecule has 0 radical (unpaired) electrons. The van der Waals surface area contributed by atoms with Crippen molar-refractivity contribution in [1.29, 1.82) is 0 Å². The lowest BCUT2D eigenvalue weighted by molar-refractivity contribution is -0.147. The van der Waals surface area contributed by atoms with Gasteiger partial charge in [0.1, 0.15) is 5.60 Å². The molecular weight excluding hydrogens is 260 g/mol. The predicted octanol–water partition coefficient (Wildman–Crippen LogP) is 1.38. The lowest BCUT2D eigenvalue weighted by Gasteiger charge is -2.36. The zero-order valence-electron chi connectivity index (χ0n) is 12.8. The molecule has 0 aromatic heterocycles. The molecule has 2 atom stereocenters. The maximum Gasteiger partial charge on any atom is 0.410 e. The van der Waals surface area contributed by atoms with E-state index in [0.717, 1.165) is 12.8 Å². The van der Waals surface area contributed by atoms with Crippen LogP contribution in [0.5, 0.6) is 0 Å². The van der Waals surface area contributed by atoms with Gasteiger partial charge in [-0.05, 0) is 39.5 Å². The number of hydrogen-bond acceptors (Lipinski definition) is 5. The van der Waals surface area contributed by atoms with E-state index in [0.29, 0.717) is 13.1 Å². The van der Waals surface area contributed by atoms with Gasteiger partial charge < -0.3 is 20.1 Å². The molecule has 0 saturated carbocycles. The van der Waals surface area contributed by atoms with Gasteiger partial charge in [0.05, 0.1) is 13.0 Å². The van der Waals surface area contributed by atoms with E-state index in [4.69, 9.17) is 15.2 Å². The third kappa shape index (κ3) is 4.67. The Balaban J connectivity index is 2.66. The Morgan fingerprint density at radius 3 is 2.55 bits per heavy atom. The van der Waals surface area contributed by atoms with Crippen LogP contribution in [-0.4, -0.2) is 49.3 Å². The predicted molar refractivity (Wildman–Crippen MR) is 75.1 cm³/mol. The Labute approximate surface area is 120 Å². The number of ether oxygens (including phenoxy) is 2. The molecule has 1 rings (SSSR count). The summed E-state index contributed by atoms with van der Waals surface area (Å²) < 4.78 is 10.1. The molecule has 1 saturated heterocycles. The van der Waals surface area contributed by atoms with Crippen LogP contribution in [-0.2, 0) is 14.3 Å². The number of likely N-dealkylation sites (tertiary alicyclic amines) is 1. The monoisotopic (exact) mass is 286 g/mol. The van der Waals surface area contributed by atoms with E-state index in [-0.39, 0.29) is 30.4 Å². The molecule has 6 heteroatoms. The first-order valence-corrected chi connectivity index (χ1v) is 7.04. The third-order valence-electron chi connectivity index (χ3n) is 3.44. The highest BCUT2D eigenvalue weighted by Gasteiger charge is 2.34. The van der Waals surface area contributed by atoms with Crippen LogP contribution in [0.3, 0.4) is 0 Å². The van der Waals surface area contributed by atoms with Crippen LogP contribution >= 0.6 is 0 Å². The van der Waals surface area contributed by atoms with E-state index in [1.54, 1.807) is 4.90 Å². The molecule has 6 nitrogen and oxygen atoms in total. The van der Waals surface area contributed by atoms with Gasteiger partial charge in [0, 0.05) is 19.6 Å². The largest absolute Gasteiger partial charge is 0.469 e. The van der Waals surface area contributed by atoms with E-state index in [2.05, 4.69) is 0 Å². The molecule has 1 fully saturated rings. The Morgan fingerprint density at radius 1 is 1.40 bits per heavy atom. The normalized spacial score (nSPS) is 21.2. The number of methoxy groups -OCH3 is 1. The van der Waals surface area contributed by atoms with Crippen LogP contribution in [0.25, 0.3) is 0 Å². The van der Waals surface area contributed by atoms with E-state index < -0.39 is 5.60 Å². The SMILES string of the molecule is COC(=O)C(CN)C1CCCN(C(=O)OC(C)(C)C)C1. The highest BCUT2D eigenvalue weighted by Crippen LogP contribution is 2.25. The first-order chi connectivity index (χ1) is 9.28. The lowest BCUT2D eigenvalue weighted by atomic mass is 9.85. The van der Waals surface area contributed by atoms with Gasteiger partial charge in [-0.15, -0.1) is 0 Å². The zero-order valence-corrected chi connectivity index (χ0v) is 12.8. The molecule has 116 valence electrons. The molecule has 2 unspecified atom stereocenters. The minimum atomic E-state index is -0.514. The van der Waals surface area contributed by atoms with Crippen LogP contribution in [0.4, 0.5) is 4.79 Å². The van der Waals surface area contributed by atoms with Crippen molar-refractivity contribution >= 4 is 12.1 Å². The number of carbonyl (C=O) groups excluding carboxylic acids is 2. The average molecular weight is 286 g/mol. The van der Waals surface area contributed by atoms with Crippen molar-refractivity contribution in [2.75, 3.05) is 26.7 Å². The van der Waals surface area contributed by atoms with Gasteiger partial charge in [0.2, 0.25) is 0 Å². The summed E-state index contributed by atoms with van der Waals surface area (Å²) in [5, 5.41) is 0. The topological polar surface area (TPSA) is 81.9 Å². The molecule has 0 aromatic rings. The number of carbonyl (C=O) groups is 2. The van der Waals surface area contributed by atoms with Crippen LogP contribution < -0.4 is 5.73 Å². The number of amides is 1. The van der Waals surface area contributed by atoms with Gasteiger partial charge >= 0.3 is 12.1 Å². The second kappa shape index (κ2) is 6.92. The highest BCUT2D eigenvalue weighted by atomic mass is 16.6. The Kier molecular flexibility index (Phi) is 5.80. The number of piperidine rings is 1. The third-order valence-corrected chi connectivity index (χ3v) is 3.44. The van der Waals surface area contributed by atoms with Crippen LogP contribution in [0.15, 0.2) is 0 Å². The summed E-state index contributed by atoms with van der Waals surface area (Å²) in [4.78, 5) is 25.4. The van der Waals surface area contributed by atoms with E-state index >= 15 is 0 Å². The number of rotatable bonds is 3. The number of nitrogens with zero attached hydrogens (tertiary/aromatic N) is 1. The second-order valence-corrected chi connectivity index (χ2v) is 6.19. The summed E-state index contributed by atoms with van der Waals surface area (Å²) in [5.74, 6) is -0.623. The fourth-order valence-electron chi connectivity index (χ4n) is 2.46. The zero-order chi connectivity index (χ0) is 15.3. The van der Waals surface area contributed by atoms with E-state index in [1.807, 2.05) is 20.8 Å². The Hall–Kier alpha value is -1.30. The smallest absolute Gasteiger partial charge is 0.410 e. The van der Waals surface area contributed by atoms with Crippen molar-refractivity contribution in [3.05, 3.63) is 0 Å². The maximum atomic E-state index is 12.1. The van der Waals surface area contributed by atoms with Crippen molar-refractivity contribution in [1.82, 2.24) is 4.90 Å². The number of hydrogen-bond donors (Lipinski definition) is 1. The summed E-state index contributed by atoms with van der Waals surface area (Å²) in [6, 6.07) is 0. The molecule has 0 bridgehead atoms. The van der Waals surface area contributed by atoms with E-state index in [9.17, 15) is 9.59 Å². The van der Waals surface area contributed by atoms with Crippen LogP contribution in [0, 0.1) is 11.8 Å². The summed E-state index contributed by atoms with van der Waals surface area (Å²) in [6.45, 7) is 6.89. The molecule has 0 aliphatic carbocycles. The quantitative estimate of drug-likeness (QED) is 0.793. The Morgan fingerprint density at radius 2 is 2.05 bits per heavy atom. The summed E-state index contributed by atoms with van der Waals surface area (Å²) in [7, 11) is 1.36. The summed E-state index contributed by atoms with van der Waals surface area (Å²) in [5.41, 5.74) is 5.15. The average Bonchev–Trinajstić information content (AvgIpc) is 2.37. The maximum absolute atomic E-state index is 12.1. The first kappa shape index (κ1) is 16.8. The van der Waals surface area contributed by atoms with Crippen molar-refractivity contribution in [2.24, 2.45) is 17.6 Å². The lowest BCUT2D eigenvalue weighted by Crippen LogP contribution is -2.47. The van der Waals surface area contributed by atoms with Crippen LogP contribution in [0.1, 0.15) is 33.6 Å². The standard InChI is InChI=1S/C14H26N2O4/c1-14(2,3)20-13(18)16-7-5-6-10(9-16)11(8-15)12(17)19-4/h10-11H,5-9,15H2,1-4H3. The molecule has 1 aliphatic rings. The van der Waals surface area contributed by atoms with E-state index in [1.165, 1.54) is 7.11 Å². The van der Waals surface area contributed by atoms with Crippen molar-refractivity contribution in [2.45, 2.75) is 39.2 Å². The van der Waals surface area contributed by atoms with Gasteiger partial charge in [-0.25, -0.2) is 4.79 Å². The van der Waals surface area contributed by atoms with Gasteiger partial charge in [0.15, 0.2) is 0 Å². The fourth-order valence-corrected chi connectivity index (χ4v) is 2.46. The first-order valence-electron chi connectivity index (χ1n) is 7.04. The number of nitrogens with two attached hydrogens (primary N) is 1. The van der Waals surface area contributed by atoms with Gasteiger partial charge in [-0.2, -0.15) is 0 Å². The number of esters is 1. The summed E-state index contributed by atoms with van der Waals surface area (Å²) in [6.07, 6.45) is 1.39. The second-order valence-electron chi connectivity index (χ2n) is 6.19. The van der Waals surface area contributed by atoms with Crippen LogP contribution in [0.2, 0.25) is 0 Å².